The third-order valence-corrected chi connectivity index (χ3v) is 2.67. The van der Waals surface area contributed by atoms with Crippen molar-refractivity contribution in [3.63, 3.8) is 0 Å². The van der Waals surface area contributed by atoms with E-state index in [1.807, 2.05) is 31.2 Å². The van der Waals surface area contributed by atoms with Crippen molar-refractivity contribution in [3.8, 4) is 12.1 Å². The van der Waals surface area contributed by atoms with Gasteiger partial charge in [-0.2, -0.15) is 10.5 Å². The van der Waals surface area contributed by atoms with Gasteiger partial charge in [-0.1, -0.05) is 29.8 Å². The number of hydrogen-bond acceptors (Lipinski definition) is 4. The molecule has 17 heavy (non-hydrogen) atoms. The van der Waals surface area contributed by atoms with Gasteiger partial charge in [-0.3, -0.25) is 4.90 Å². The number of benzene rings is 1. The number of aryl methyl sites for hydroxylation is 1. The number of nitrogens with zero attached hydrogens (tertiary/aromatic N) is 3. The number of hydrogen-bond donors (Lipinski definition) is 1. The normalized spacial score (nSPS) is 11.8. The van der Waals surface area contributed by atoms with Crippen LogP contribution in [0.3, 0.4) is 0 Å². The van der Waals surface area contributed by atoms with Crippen molar-refractivity contribution in [3.05, 3.63) is 35.4 Å². The van der Waals surface area contributed by atoms with Crippen molar-refractivity contribution in [2.75, 3.05) is 19.6 Å². The van der Waals surface area contributed by atoms with Gasteiger partial charge in [0.25, 0.3) is 0 Å². The van der Waals surface area contributed by atoms with Crippen LogP contribution in [-0.2, 0) is 0 Å². The molecule has 0 amide bonds. The van der Waals surface area contributed by atoms with Crippen LogP contribution < -0.4 is 5.73 Å². The van der Waals surface area contributed by atoms with E-state index in [0.29, 0.717) is 6.54 Å². The van der Waals surface area contributed by atoms with E-state index in [9.17, 15) is 0 Å². The van der Waals surface area contributed by atoms with E-state index in [4.69, 9.17) is 16.3 Å². The number of nitrogens with two attached hydrogens (primary N) is 1. The maximum Gasteiger partial charge on any atom is 0.0879 e. The average Bonchev–Trinajstić information content (AvgIpc) is 2.33. The predicted molar refractivity (Wildman–Crippen MR) is 65.8 cm³/mol. The van der Waals surface area contributed by atoms with E-state index < -0.39 is 0 Å². The Bertz CT molecular complexity index is 408. The molecule has 1 rings (SSSR count). The van der Waals surface area contributed by atoms with Crippen LogP contribution in [0.25, 0.3) is 0 Å². The zero-order valence-electron chi connectivity index (χ0n) is 9.93. The van der Waals surface area contributed by atoms with E-state index in [-0.39, 0.29) is 19.1 Å². The molecule has 0 radical (unpaired) electrons. The molecule has 88 valence electrons. The van der Waals surface area contributed by atoms with Gasteiger partial charge in [0.05, 0.1) is 25.2 Å². The SMILES string of the molecule is Cc1ccc(C(CN)N(CC#N)CC#N)cc1. The Morgan fingerprint density at radius 1 is 1.18 bits per heavy atom. The van der Waals surface area contributed by atoms with Gasteiger partial charge in [0.1, 0.15) is 0 Å². The summed E-state index contributed by atoms with van der Waals surface area (Å²) in [5.41, 5.74) is 7.97. The first-order valence-corrected chi connectivity index (χ1v) is 5.47. The smallest absolute Gasteiger partial charge is 0.0879 e. The summed E-state index contributed by atoms with van der Waals surface area (Å²) in [6, 6.07) is 12.1. The summed E-state index contributed by atoms with van der Waals surface area (Å²) < 4.78 is 0. The lowest BCUT2D eigenvalue weighted by Gasteiger charge is -2.26. The maximum absolute atomic E-state index is 8.76. The molecule has 4 heteroatoms. The summed E-state index contributed by atoms with van der Waals surface area (Å²) >= 11 is 0. The number of rotatable bonds is 5. The highest BCUT2D eigenvalue weighted by molar-refractivity contribution is 5.24. The average molecular weight is 228 g/mol. The summed E-state index contributed by atoms with van der Waals surface area (Å²) in [5, 5.41) is 17.5. The largest absolute Gasteiger partial charge is 0.329 e. The minimum Gasteiger partial charge on any atom is -0.329 e. The van der Waals surface area contributed by atoms with Gasteiger partial charge in [0, 0.05) is 12.6 Å². The van der Waals surface area contributed by atoms with Crippen molar-refractivity contribution < 1.29 is 0 Å². The van der Waals surface area contributed by atoms with Crippen molar-refractivity contribution in [2.45, 2.75) is 13.0 Å². The Labute approximate surface area is 102 Å². The molecule has 1 aromatic carbocycles. The molecule has 1 atom stereocenters. The van der Waals surface area contributed by atoms with E-state index in [1.165, 1.54) is 5.56 Å². The molecule has 0 spiro atoms. The molecule has 0 saturated heterocycles. The standard InChI is InChI=1S/C13H16N4/c1-11-2-4-12(5-3-11)13(10-16)17(8-6-14)9-7-15/h2-5,13H,8-10,16H2,1H3. The first-order valence-electron chi connectivity index (χ1n) is 5.47. The molecule has 0 aromatic heterocycles. The fourth-order valence-corrected chi connectivity index (χ4v) is 1.74. The summed E-state index contributed by atoms with van der Waals surface area (Å²) in [5.74, 6) is 0. The van der Waals surface area contributed by atoms with Gasteiger partial charge in [0.2, 0.25) is 0 Å². The van der Waals surface area contributed by atoms with Crippen molar-refractivity contribution in [2.24, 2.45) is 5.73 Å². The van der Waals surface area contributed by atoms with Gasteiger partial charge in [-0.15, -0.1) is 0 Å². The Morgan fingerprint density at radius 3 is 2.12 bits per heavy atom. The summed E-state index contributed by atoms with van der Waals surface area (Å²) in [6.07, 6.45) is 0. The molecule has 0 heterocycles. The third-order valence-electron chi connectivity index (χ3n) is 2.67. The van der Waals surface area contributed by atoms with E-state index >= 15 is 0 Å². The van der Waals surface area contributed by atoms with Crippen LogP contribution >= 0.6 is 0 Å². The van der Waals surface area contributed by atoms with Crippen LogP contribution in [-0.4, -0.2) is 24.5 Å². The maximum atomic E-state index is 8.76. The molecule has 0 aliphatic rings. The van der Waals surface area contributed by atoms with Crippen LogP contribution in [0.4, 0.5) is 0 Å². The minimum atomic E-state index is -0.0742. The zero-order valence-corrected chi connectivity index (χ0v) is 9.93. The van der Waals surface area contributed by atoms with E-state index in [0.717, 1.165) is 5.56 Å². The molecule has 1 aromatic rings. The first-order chi connectivity index (χ1) is 8.22. The molecular weight excluding hydrogens is 212 g/mol. The molecule has 1 unspecified atom stereocenters. The zero-order chi connectivity index (χ0) is 12.7. The lowest BCUT2D eigenvalue weighted by atomic mass is 10.0. The molecule has 2 N–H and O–H groups in total. The molecular formula is C13H16N4. The minimum absolute atomic E-state index is 0.0742. The molecule has 0 fully saturated rings. The quantitative estimate of drug-likeness (QED) is 0.771. The molecule has 0 aliphatic heterocycles. The Morgan fingerprint density at radius 2 is 1.71 bits per heavy atom. The van der Waals surface area contributed by atoms with Gasteiger partial charge < -0.3 is 5.73 Å². The van der Waals surface area contributed by atoms with Gasteiger partial charge in [-0.05, 0) is 12.5 Å². The second kappa shape index (κ2) is 6.65. The molecule has 0 aliphatic carbocycles. The van der Waals surface area contributed by atoms with Crippen LogP contribution in [0.15, 0.2) is 24.3 Å². The monoisotopic (exact) mass is 228 g/mol. The number of nitriles is 2. The van der Waals surface area contributed by atoms with Crippen LogP contribution in [0.5, 0.6) is 0 Å². The Balaban J connectivity index is 2.92. The highest BCUT2D eigenvalue weighted by Gasteiger charge is 2.18. The molecule has 4 nitrogen and oxygen atoms in total. The van der Waals surface area contributed by atoms with Crippen LogP contribution in [0.2, 0.25) is 0 Å². The first kappa shape index (κ1) is 13.2. The molecule has 0 saturated carbocycles. The fraction of sp³-hybridized carbons (Fsp3) is 0.385. The van der Waals surface area contributed by atoms with Crippen molar-refractivity contribution in [1.82, 2.24) is 4.90 Å². The van der Waals surface area contributed by atoms with Gasteiger partial charge >= 0.3 is 0 Å². The Kier molecular flexibility index (Phi) is 5.16. The lowest BCUT2D eigenvalue weighted by Crippen LogP contribution is -2.34. The van der Waals surface area contributed by atoms with Crippen LogP contribution in [0, 0.1) is 29.6 Å². The summed E-state index contributed by atoms with van der Waals surface area (Å²) in [7, 11) is 0. The topological polar surface area (TPSA) is 76.8 Å². The van der Waals surface area contributed by atoms with Crippen molar-refractivity contribution in [1.29, 1.82) is 10.5 Å². The Hall–Kier alpha value is -1.88. The highest BCUT2D eigenvalue weighted by atomic mass is 15.2. The summed E-state index contributed by atoms with van der Waals surface area (Å²) in [4.78, 5) is 1.78. The predicted octanol–water partition coefficient (Wildman–Crippen LogP) is 1.34. The second-order valence-electron chi connectivity index (χ2n) is 3.88. The van der Waals surface area contributed by atoms with E-state index in [2.05, 4.69) is 12.1 Å². The van der Waals surface area contributed by atoms with Gasteiger partial charge in [-0.25, -0.2) is 0 Å². The lowest BCUT2D eigenvalue weighted by molar-refractivity contribution is 0.254. The fourth-order valence-electron chi connectivity index (χ4n) is 1.74. The summed E-state index contributed by atoms with van der Waals surface area (Å²) in [6.45, 7) is 2.84. The highest BCUT2D eigenvalue weighted by Crippen LogP contribution is 2.19. The van der Waals surface area contributed by atoms with Crippen molar-refractivity contribution >= 4 is 0 Å². The second-order valence-corrected chi connectivity index (χ2v) is 3.88. The van der Waals surface area contributed by atoms with Crippen LogP contribution in [0.1, 0.15) is 17.2 Å². The third kappa shape index (κ3) is 3.57. The molecule has 0 bridgehead atoms. The van der Waals surface area contributed by atoms with Gasteiger partial charge in [0.15, 0.2) is 0 Å². The van der Waals surface area contributed by atoms with E-state index in [1.54, 1.807) is 4.90 Å².